The van der Waals surface area contributed by atoms with Gasteiger partial charge in [-0.25, -0.2) is 13.6 Å². The van der Waals surface area contributed by atoms with Gasteiger partial charge in [-0.05, 0) is 43.5 Å². The van der Waals surface area contributed by atoms with E-state index in [1.807, 2.05) is 0 Å². The number of hydrogen-bond acceptors (Lipinski definition) is 4. The van der Waals surface area contributed by atoms with Crippen LogP contribution in [0.15, 0.2) is 17.0 Å². The highest BCUT2D eigenvalue weighted by Gasteiger charge is 2.19. The minimum absolute atomic E-state index is 0.0347. The molecule has 0 saturated carbocycles. The summed E-state index contributed by atoms with van der Waals surface area (Å²) in [6.45, 7) is 3.59. The van der Waals surface area contributed by atoms with E-state index in [4.69, 9.17) is 10.2 Å². The van der Waals surface area contributed by atoms with E-state index in [-0.39, 0.29) is 29.3 Å². The molecular formula is C14H20N2O5S. The van der Waals surface area contributed by atoms with Crippen molar-refractivity contribution in [3.63, 3.8) is 0 Å². The van der Waals surface area contributed by atoms with Gasteiger partial charge in [-0.2, -0.15) is 0 Å². The summed E-state index contributed by atoms with van der Waals surface area (Å²) in [6, 6.07) is 2.85. The maximum atomic E-state index is 12.3. The molecule has 0 unspecified atom stereocenters. The molecule has 0 saturated heterocycles. The molecule has 3 N–H and O–H groups in total. The van der Waals surface area contributed by atoms with Crippen LogP contribution >= 0.6 is 0 Å². The summed E-state index contributed by atoms with van der Waals surface area (Å²) in [5.74, 6) is -1.30. The van der Waals surface area contributed by atoms with Crippen molar-refractivity contribution in [1.82, 2.24) is 4.90 Å². The SMILES string of the molecule is Cc1cc(C(=O)N(C)CCCC(=O)O)cc(S(N)(=O)=O)c1C. The lowest BCUT2D eigenvalue weighted by molar-refractivity contribution is -0.137. The Morgan fingerprint density at radius 2 is 1.86 bits per heavy atom. The van der Waals surface area contributed by atoms with Crippen molar-refractivity contribution in [1.29, 1.82) is 0 Å². The van der Waals surface area contributed by atoms with E-state index in [1.54, 1.807) is 19.9 Å². The number of nitrogens with zero attached hydrogens (tertiary/aromatic N) is 1. The molecule has 0 aliphatic carbocycles. The Bertz CT molecular complexity index is 697. The molecule has 0 radical (unpaired) electrons. The smallest absolute Gasteiger partial charge is 0.303 e. The van der Waals surface area contributed by atoms with E-state index in [2.05, 4.69) is 0 Å². The van der Waals surface area contributed by atoms with Gasteiger partial charge in [-0.15, -0.1) is 0 Å². The topological polar surface area (TPSA) is 118 Å². The summed E-state index contributed by atoms with van der Waals surface area (Å²) in [4.78, 5) is 24.1. The van der Waals surface area contributed by atoms with Gasteiger partial charge in [0.2, 0.25) is 10.0 Å². The molecular weight excluding hydrogens is 308 g/mol. The van der Waals surface area contributed by atoms with Crippen LogP contribution in [0.4, 0.5) is 0 Å². The fourth-order valence-electron chi connectivity index (χ4n) is 2.04. The summed E-state index contributed by atoms with van der Waals surface area (Å²) in [7, 11) is -2.38. The minimum Gasteiger partial charge on any atom is -0.481 e. The number of sulfonamides is 1. The van der Waals surface area contributed by atoms with Gasteiger partial charge < -0.3 is 10.0 Å². The third kappa shape index (κ3) is 4.54. The van der Waals surface area contributed by atoms with Crippen molar-refractivity contribution in [3.05, 3.63) is 28.8 Å². The lowest BCUT2D eigenvalue weighted by Crippen LogP contribution is -2.28. The van der Waals surface area contributed by atoms with E-state index < -0.39 is 16.0 Å². The normalized spacial score (nSPS) is 11.3. The van der Waals surface area contributed by atoms with Crippen molar-refractivity contribution < 1.29 is 23.1 Å². The number of carboxylic acid groups (broad SMARTS) is 1. The first-order valence-electron chi connectivity index (χ1n) is 6.65. The van der Waals surface area contributed by atoms with Crippen molar-refractivity contribution in [3.8, 4) is 0 Å². The van der Waals surface area contributed by atoms with Gasteiger partial charge in [0.1, 0.15) is 0 Å². The summed E-state index contributed by atoms with van der Waals surface area (Å²) in [5, 5.41) is 13.8. The molecule has 0 atom stereocenters. The zero-order valence-corrected chi connectivity index (χ0v) is 13.6. The lowest BCUT2D eigenvalue weighted by Gasteiger charge is -2.18. The number of hydrogen-bond donors (Lipinski definition) is 2. The predicted octanol–water partition coefficient (Wildman–Crippen LogP) is 0.888. The van der Waals surface area contributed by atoms with Crippen LogP contribution in [0.2, 0.25) is 0 Å². The van der Waals surface area contributed by atoms with Crippen molar-refractivity contribution in [2.45, 2.75) is 31.6 Å². The Hall–Kier alpha value is -1.93. The fourth-order valence-corrected chi connectivity index (χ4v) is 2.91. The third-order valence-electron chi connectivity index (χ3n) is 3.40. The van der Waals surface area contributed by atoms with Crippen LogP contribution < -0.4 is 5.14 Å². The van der Waals surface area contributed by atoms with Gasteiger partial charge in [0.15, 0.2) is 0 Å². The third-order valence-corrected chi connectivity index (χ3v) is 4.44. The van der Waals surface area contributed by atoms with Crippen LogP contribution in [0.1, 0.15) is 34.3 Å². The predicted molar refractivity (Wildman–Crippen MR) is 81.1 cm³/mol. The van der Waals surface area contributed by atoms with Crippen LogP contribution in [-0.4, -0.2) is 43.9 Å². The highest BCUT2D eigenvalue weighted by atomic mass is 32.2. The quantitative estimate of drug-likeness (QED) is 0.804. The second kappa shape index (κ2) is 6.89. The first-order valence-corrected chi connectivity index (χ1v) is 8.20. The van der Waals surface area contributed by atoms with E-state index >= 15 is 0 Å². The van der Waals surface area contributed by atoms with Gasteiger partial charge in [-0.3, -0.25) is 9.59 Å². The number of benzene rings is 1. The Morgan fingerprint density at radius 3 is 2.36 bits per heavy atom. The molecule has 0 aromatic heterocycles. The largest absolute Gasteiger partial charge is 0.481 e. The van der Waals surface area contributed by atoms with Crippen molar-refractivity contribution in [2.75, 3.05) is 13.6 Å². The number of carbonyl (C=O) groups is 2. The average molecular weight is 328 g/mol. The number of rotatable bonds is 6. The molecule has 122 valence electrons. The number of carbonyl (C=O) groups excluding carboxylic acids is 1. The second-order valence-corrected chi connectivity index (χ2v) is 6.72. The molecule has 1 aromatic rings. The highest BCUT2D eigenvalue weighted by Crippen LogP contribution is 2.21. The van der Waals surface area contributed by atoms with Gasteiger partial charge in [0.25, 0.3) is 5.91 Å². The van der Waals surface area contributed by atoms with Crippen LogP contribution in [0, 0.1) is 13.8 Å². The molecule has 0 heterocycles. The Morgan fingerprint density at radius 1 is 1.27 bits per heavy atom. The van der Waals surface area contributed by atoms with Gasteiger partial charge >= 0.3 is 5.97 Å². The standard InChI is InChI=1S/C14H20N2O5S/c1-9-7-11(8-12(10(9)2)22(15,20)21)14(19)16(3)6-4-5-13(17)18/h7-8H,4-6H2,1-3H3,(H,17,18)(H2,15,20,21). The van der Waals surface area contributed by atoms with E-state index in [9.17, 15) is 18.0 Å². The van der Waals surface area contributed by atoms with Gasteiger partial charge in [-0.1, -0.05) is 0 Å². The number of primary sulfonamides is 1. The molecule has 0 aliphatic rings. The second-order valence-electron chi connectivity index (χ2n) is 5.19. The molecule has 0 bridgehead atoms. The molecule has 0 fully saturated rings. The molecule has 22 heavy (non-hydrogen) atoms. The summed E-state index contributed by atoms with van der Waals surface area (Å²) >= 11 is 0. The number of amides is 1. The number of nitrogens with two attached hydrogens (primary N) is 1. The van der Waals surface area contributed by atoms with Crippen LogP contribution in [0.3, 0.4) is 0 Å². The Labute approximate surface area is 129 Å². The zero-order valence-electron chi connectivity index (χ0n) is 12.8. The fraction of sp³-hybridized carbons (Fsp3) is 0.429. The van der Waals surface area contributed by atoms with Gasteiger partial charge in [0.05, 0.1) is 4.90 Å². The zero-order chi connectivity index (χ0) is 17.1. The summed E-state index contributed by atoms with van der Waals surface area (Å²) < 4.78 is 23.2. The number of aliphatic carboxylic acids is 1. The Balaban J connectivity index is 3.04. The summed E-state index contributed by atoms with van der Waals surface area (Å²) in [5.41, 5.74) is 1.37. The monoisotopic (exact) mass is 328 g/mol. The number of carboxylic acids is 1. The first kappa shape index (κ1) is 18.1. The first-order chi connectivity index (χ1) is 10.0. The van der Waals surface area contributed by atoms with Crippen molar-refractivity contribution in [2.24, 2.45) is 5.14 Å². The van der Waals surface area contributed by atoms with E-state index in [0.29, 0.717) is 17.5 Å². The van der Waals surface area contributed by atoms with Crippen LogP contribution in [0.25, 0.3) is 0 Å². The van der Waals surface area contributed by atoms with Crippen molar-refractivity contribution >= 4 is 21.9 Å². The molecule has 8 heteroatoms. The summed E-state index contributed by atoms with van der Waals surface area (Å²) in [6.07, 6.45) is 0.289. The van der Waals surface area contributed by atoms with Gasteiger partial charge in [0, 0.05) is 25.6 Å². The molecule has 1 amide bonds. The minimum atomic E-state index is -3.91. The highest BCUT2D eigenvalue weighted by molar-refractivity contribution is 7.89. The van der Waals surface area contributed by atoms with Crippen LogP contribution in [-0.2, 0) is 14.8 Å². The molecule has 0 aliphatic heterocycles. The average Bonchev–Trinajstić information content (AvgIpc) is 2.38. The van der Waals surface area contributed by atoms with E-state index in [1.165, 1.54) is 18.0 Å². The lowest BCUT2D eigenvalue weighted by atomic mass is 10.1. The molecule has 7 nitrogen and oxygen atoms in total. The molecule has 0 spiro atoms. The maximum Gasteiger partial charge on any atom is 0.303 e. The Kier molecular flexibility index (Phi) is 5.67. The molecule has 1 rings (SSSR count). The maximum absolute atomic E-state index is 12.3. The van der Waals surface area contributed by atoms with E-state index in [0.717, 1.165) is 0 Å². The number of aryl methyl sites for hydroxylation is 1. The van der Waals surface area contributed by atoms with Crippen LogP contribution in [0.5, 0.6) is 0 Å². The molecule has 1 aromatic carbocycles.